The highest BCUT2D eigenvalue weighted by atomic mass is 16.5. The molecule has 0 radical (unpaired) electrons. The highest BCUT2D eigenvalue weighted by Gasteiger charge is 2.20. The molecule has 1 saturated heterocycles. The molecule has 1 fully saturated rings. The van der Waals surface area contributed by atoms with E-state index in [-0.39, 0.29) is 5.91 Å². The standard InChI is InChI=1S/C21H34N2O4/c1-5-25-18-14-17(15-19(26-6-2)20(18)27-7-3)21(24)22-11-13-23-12-9-8-10-16(23)4/h14-16H,5-13H2,1-4H3,(H,22,24). The third kappa shape index (κ3) is 6.03. The van der Waals surface area contributed by atoms with Crippen molar-refractivity contribution in [3.05, 3.63) is 17.7 Å². The van der Waals surface area contributed by atoms with Gasteiger partial charge in [0.2, 0.25) is 5.75 Å². The number of hydrogen-bond donors (Lipinski definition) is 1. The Morgan fingerprint density at radius 2 is 1.70 bits per heavy atom. The first-order chi connectivity index (χ1) is 13.1. The molecule has 1 aliphatic rings. The molecule has 0 bridgehead atoms. The number of carbonyl (C=O) groups is 1. The van der Waals surface area contributed by atoms with Crippen molar-refractivity contribution >= 4 is 5.91 Å². The number of ether oxygens (including phenoxy) is 3. The number of nitrogens with one attached hydrogen (secondary N) is 1. The summed E-state index contributed by atoms with van der Waals surface area (Å²) >= 11 is 0. The van der Waals surface area contributed by atoms with E-state index in [2.05, 4.69) is 17.1 Å². The second-order valence-corrected chi connectivity index (χ2v) is 6.74. The van der Waals surface area contributed by atoms with Crippen molar-refractivity contribution in [1.82, 2.24) is 10.2 Å². The molecule has 6 nitrogen and oxygen atoms in total. The van der Waals surface area contributed by atoms with Crippen molar-refractivity contribution in [1.29, 1.82) is 0 Å². The quantitative estimate of drug-likeness (QED) is 0.675. The number of amides is 1. The van der Waals surface area contributed by atoms with Crippen molar-refractivity contribution in [2.75, 3.05) is 39.5 Å². The zero-order valence-corrected chi connectivity index (χ0v) is 17.2. The Morgan fingerprint density at radius 3 is 2.26 bits per heavy atom. The van der Waals surface area contributed by atoms with Gasteiger partial charge in [-0.15, -0.1) is 0 Å². The summed E-state index contributed by atoms with van der Waals surface area (Å²) in [5.74, 6) is 1.52. The molecule has 0 aliphatic carbocycles. The summed E-state index contributed by atoms with van der Waals surface area (Å²) < 4.78 is 17.1. The predicted molar refractivity (Wildman–Crippen MR) is 107 cm³/mol. The third-order valence-corrected chi connectivity index (χ3v) is 4.80. The number of hydrogen-bond acceptors (Lipinski definition) is 5. The van der Waals surface area contributed by atoms with Crippen LogP contribution in [0.25, 0.3) is 0 Å². The number of benzene rings is 1. The Labute approximate surface area is 163 Å². The third-order valence-electron chi connectivity index (χ3n) is 4.80. The lowest BCUT2D eigenvalue weighted by Crippen LogP contribution is -2.42. The smallest absolute Gasteiger partial charge is 0.251 e. The number of likely N-dealkylation sites (tertiary alicyclic amines) is 1. The van der Waals surface area contributed by atoms with Crippen molar-refractivity contribution in [3.63, 3.8) is 0 Å². The summed E-state index contributed by atoms with van der Waals surface area (Å²) in [7, 11) is 0. The Balaban J connectivity index is 2.07. The largest absolute Gasteiger partial charge is 0.490 e. The molecular formula is C21H34N2O4. The lowest BCUT2D eigenvalue weighted by Gasteiger charge is -2.33. The molecule has 1 aromatic carbocycles. The summed E-state index contributed by atoms with van der Waals surface area (Å²) in [6, 6.07) is 4.06. The first-order valence-corrected chi connectivity index (χ1v) is 10.2. The van der Waals surface area contributed by atoms with Gasteiger partial charge in [0.25, 0.3) is 5.91 Å². The van der Waals surface area contributed by atoms with Crippen LogP contribution < -0.4 is 19.5 Å². The van der Waals surface area contributed by atoms with Gasteiger partial charge >= 0.3 is 0 Å². The molecule has 1 aromatic rings. The maximum Gasteiger partial charge on any atom is 0.251 e. The van der Waals surface area contributed by atoms with Crippen LogP contribution in [0.5, 0.6) is 17.2 Å². The van der Waals surface area contributed by atoms with E-state index in [0.717, 1.165) is 13.1 Å². The second-order valence-electron chi connectivity index (χ2n) is 6.74. The summed E-state index contributed by atoms with van der Waals surface area (Å²) in [5.41, 5.74) is 0.525. The average molecular weight is 379 g/mol. The Morgan fingerprint density at radius 1 is 1.07 bits per heavy atom. The van der Waals surface area contributed by atoms with Crippen LogP contribution in [0.3, 0.4) is 0 Å². The monoisotopic (exact) mass is 378 g/mol. The molecule has 1 N–H and O–H groups in total. The molecule has 27 heavy (non-hydrogen) atoms. The van der Waals surface area contributed by atoms with E-state index in [9.17, 15) is 4.79 Å². The second kappa shape index (κ2) is 11.0. The van der Waals surface area contributed by atoms with Gasteiger partial charge in [0.05, 0.1) is 19.8 Å². The number of nitrogens with zero attached hydrogens (tertiary/aromatic N) is 1. The van der Waals surface area contributed by atoms with Crippen LogP contribution in [0, 0.1) is 0 Å². The van der Waals surface area contributed by atoms with E-state index in [1.54, 1.807) is 12.1 Å². The highest BCUT2D eigenvalue weighted by Crippen LogP contribution is 2.39. The van der Waals surface area contributed by atoms with Crippen molar-refractivity contribution < 1.29 is 19.0 Å². The van der Waals surface area contributed by atoms with E-state index < -0.39 is 0 Å². The molecule has 1 aliphatic heterocycles. The molecule has 0 saturated carbocycles. The molecular weight excluding hydrogens is 344 g/mol. The topological polar surface area (TPSA) is 60.0 Å². The minimum absolute atomic E-state index is 0.121. The van der Waals surface area contributed by atoms with E-state index in [4.69, 9.17) is 14.2 Å². The number of carbonyl (C=O) groups excluding carboxylic acids is 1. The van der Waals surface area contributed by atoms with Gasteiger partial charge in [-0.1, -0.05) is 6.42 Å². The SMILES string of the molecule is CCOc1cc(C(=O)NCCN2CCCCC2C)cc(OCC)c1OCC. The molecule has 0 aromatic heterocycles. The van der Waals surface area contributed by atoms with Crippen LogP contribution in [0.2, 0.25) is 0 Å². The van der Waals surface area contributed by atoms with Gasteiger partial charge in [-0.2, -0.15) is 0 Å². The Kier molecular flexibility index (Phi) is 8.72. The maximum atomic E-state index is 12.7. The van der Waals surface area contributed by atoms with Crippen LogP contribution >= 0.6 is 0 Å². The van der Waals surface area contributed by atoms with Gasteiger partial charge in [-0.3, -0.25) is 9.69 Å². The van der Waals surface area contributed by atoms with E-state index in [0.29, 0.717) is 55.2 Å². The fraction of sp³-hybridized carbons (Fsp3) is 0.667. The minimum Gasteiger partial charge on any atom is -0.490 e. The highest BCUT2D eigenvalue weighted by molar-refractivity contribution is 5.95. The molecule has 152 valence electrons. The van der Waals surface area contributed by atoms with E-state index in [1.165, 1.54) is 19.3 Å². The van der Waals surface area contributed by atoms with Gasteiger partial charge in [0.15, 0.2) is 11.5 Å². The molecule has 1 unspecified atom stereocenters. The molecule has 6 heteroatoms. The van der Waals surface area contributed by atoms with Crippen LogP contribution in [0.15, 0.2) is 12.1 Å². The van der Waals surface area contributed by atoms with E-state index in [1.807, 2.05) is 20.8 Å². The van der Waals surface area contributed by atoms with E-state index >= 15 is 0 Å². The molecule has 0 spiro atoms. The maximum absolute atomic E-state index is 12.7. The molecule has 1 amide bonds. The van der Waals surface area contributed by atoms with Crippen LogP contribution in [-0.4, -0.2) is 56.3 Å². The van der Waals surface area contributed by atoms with Gasteiger partial charge in [0.1, 0.15) is 0 Å². The summed E-state index contributed by atoms with van der Waals surface area (Å²) in [6.07, 6.45) is 3.78. The van der Waals surface area contributed by atoms with Crippen molar-refractivity contribution in [3.8, 4) is 17.2 Å². The van der Waals surface area contributed by atoms with Gasteiger partial charge < -0.3 is 19.5 Å². The summed E-state index contributed by atoms with van der Waals surface area (Å²) in [6.45, 7) is 12.1. The number of rotatable bonds is 10. The van der Waals surface area contributed by atoms with Crippen LogP contribution in [-0.2, 0) is 0 Å². The normalized spacial score (nSPS) is 17.4. The lowest BCUT2D eigenvalue weighted by atomic mass is 10.0. The molecule has 1 atom stereocenters. The molecule has 1 heterocycles. The number of piperidine rings is 1. The van der Waals surface area contributed by atoms with Gasteiger partial charge in [0, 0.05) is 24.7 Å². The van der Waals surface area contributed by atoms with Crippen molar-refractivity contribution in [2.24, 2.45) is 0 Å². The lowest BCUT2D eigenvalue weighted by molar-refractivity contribution is 0.0937. The average Bonchev–Trinajstić information content (AvgIpc) is 2.66. The molecule has 2 rings (SSSR count). The van der Waals surface area contributed by atoms with Gasteiger partial charge in [-0.05, 0) is 59.2 Å². The predicted octanol–water partition coefficient (Wildman–Crippen LogP) is 3.49. The Bertz CT molecular complexity index is 579. The first-order valence-electron chi connectivity index (χ1n) is 10.2. The Hall–Kier alpha value is -1.95. The first kappa shape index (κ1) is 21.4. The zero-order valence-electron chi connectivity index (χ0n) is 17.2. The fourth-order valence-corrected chi connectivity index (χ4v) is 3.42. The summed E-state index contributed by atoms with van der Waals surface area (Å²) in [5, 5.41) is 3.02. The van der Waals surface area contributed by atoms with Crippen LogP contribution in [0.4, 0.5) is 0 Å². The minimum atomic E-state index is -0.121. The van der Waals surface area contributed by atoms with Crippen molar-refractivity contribution in [2.45, 2.75) is 53.0 Å². The summed E-state index contributed by atoms with van der Waals surface area (Å²) in [4.78, 5) is 15.1. The van der Waals surface area contributed by atoms with Gasteiger partial charge in [-0.25, -0.2) is 0 Å². The fourth-order valence-electron chi connectivity index (χ4n) is 3.42. The zero-order chi connectivity index (χ0) is 19.6. The van der Waals surface area contributed by atoms with Crippen LogP contribution in [0.1, 0.15) is 57.3 Å².